The van der Waals surface area contributed by atoms with Gasteiger partial charge in [0.25, 0.3) is 5.91 Å². The summed E-state index contributed by atoms with van der Waals surface area (Å²) in [5, 5.41) is 2.92. The quantitative estimate of drug-likeness (QED) is 0.844. The van der Waals surface area contributed by atoms with Gasteiger partial charge in [-0.3, -0.25) is 9.78 Å². The number of carbonyl (C=O) groups excluding carboxylic acids is 1. The van der Waals surface area contributed by atoms with Crippen molar-refractivity contribution >= 4 is 23.1 Å². The maximum Gasteiger partial charge on any atom is 0.269 e. The average molecular weight is 297 g/mol. The summed E-state index contributed by atoms with van der Waals surface area (Å²) in [4.78, 5) is 16.4. The zero-order chi connectivity index (χ0) is 14.8. The van der Waals surface area contributed by atoms with Crippen molar-refractivity contribution < 1.29 is 4.79 Å². The summed E-state index contributed by atoms with van der Waals surface area (Å²) in [5.74, 6) is 0.231. The highest BCUT2D eigenvalue weighted by atomic mass is 32.1. The number of nitrogens with two attached hydrogens (primary N) is 1. The van der Waals surface area contributed by atoms with E-state index in [-0.39, 0.29) is 10.9 Å². The van der Waals surface area contributed by atoms with Gasteiger partial charge in [-0.1, -0.05) is 36.5 Å². The van der Waals surface area contributed by atoms with Crippen LogP contribution in [0.4, 0.5) is 0 Å². The molecule has 0 radical (unpaired) electrons. The molecule has 0 bridgehead atoms. The fourth-order valence-corrected chi connectivity index (χ4v) is 2.65. The van der Waals surface area contributed by atoms with Crippen LogP contribution in [0.15, 0.2) is 42.6 Å². The molecule has 0 aliphatic heterocycles. The van der Waals surface area contributed by atoms with Gasteiger partial charge in [0.05, 0.1) is 0 Å². The molecule has 4 nitrogen and oxygen atoms in total. The van der Waals surface area contributed by atoms with Gasteiger partial charge in [0.1, 0.15) is 10.7 Å². The van der Waals surface area contributed by atoms with Crippen molar-refractivity contribution in [3.8, 4) is 0 Å². The zero-order valence-corrected chi connectivity index (χ0v) is 12.2. The summed E-state index contributed by atoms with van der Waals surface area (Å²) in [7, 11) is 0. The van der Waals surface area contributed by atoms with E-state index in [1.165, 1.54) is 17.3 Å². The van der Waals surface area contributed by atoms with Gasteiger partial charge in [0, 0.05) is 24.2 Å². The van der Waals surface area contributed by atoms with Crippen molar-refractivity contribution in [3.63, 3.8) is 0 Å². The number of aromatic nitrogens is 1. The highest BCUT2D eigenvalue weighted by molar-refractivity contribution is 7.80. The fourth-order valence-electron chi connectivity index (χ4n) is 2.53. The van der Waals surface area contributed by atoms with Crippen LogP contribution in [0.5, 0.6) is 0 Å². The smallest absolute Gasteiger partial charge is 0.269 e. The van der Waals surface area contributed by atoms with Crippen LogP contribution in [0, 0.1) is 0 Å². The summed E-state index contributed by atoms with van der Waals surface area (Å²) in [5.41, 5.74) is 9.24. The summed E-state index contributed by atoms with van der Waals surface area (Å²) in [6.45, 7) is 0.634. The van der Waals surface area contributed by atoms with Gasteiger partial charge in [-0.2, -0.15) is 0 Å². The molecule has 1 aliphatic carbocycles. The molecular formula is C16H15N3OS. The molecule has 5 heteroatoms. The molecule has 0 spiro atoms. The van der Waals surface area contributed by atoms with E-state index in [1.54, 1.807) is 12.1 Å². The minimum Gasteiger partial charge on any atom is -0.389 e. The SMILES string of the molecule is NC(=S)c1ccc(C(=O)NCC2Cc3ccccc32)nc1. The maximum atomic E-state index is 12.0. The molecule has 1 amide bonds. The van der Waals surface area contributed by atoms with Crippen molar-refractivity contribution in [3.05, 3.63) is 65.0 Å². The first-order chi connectivity index (χ1) is 10.1. The number of nitrogens with one attached hydrogen (secondary N) is 1. The Morgan fingerprint density at radius 1 is 1.33 bits per heavy atom. The molecule has 1 aliphatic rings. The van der Waals surface area contributed by atoms with Crippen LogP contribution >= 0.6 is 12.2 Å². The van der Waals surface area contributed by atoms with Crippen molar-refractivity contribution in [1.82, 2.24) is 10.3 Å². The summed E-state index contributed by atoms with van der Waals surface area (Å²) >= 11 is 4.85. The minimum atomic E-state index is -0.172. The Kier molecular flexibility index (Phi) is 3.66. The lowest BCUT2D eigenvalue weighted by Gasteiger charge is -2.30. The highest BCUT2D eigenvalue weighted by Crippen LogP contribution is 2.33. The number of rotatable bonds is 4. The van der Waals surface area contributed by atoms with E-state index in [4.69, 9.17) is 18.0 Å². The van der Waals surface area contributed by atoms with E-state index in [0.29, 0.717) is 23.7 Å². The highest BCUT2D eigenvalue weighted by Gasteiger charge is 2.25. The molecule has 3 N–H and O–H groups in total. The largest absolute Gasteiger partial charge is 0.389 e. The number of amides is 1. The lowest BCUT2D eigenvalue weighted by Crippen LogP contribution is -2.33. The molecule has 0 fully saturated rings. The number of nitrogens with zero attached hydrogens (tertiary/aromatic N) is 1. The van der Waals surface area contributed by atoms with Crippen LogP contribution in [0.25, 0.3) is 0 Å². The van der Waals surface area contributed by atoms with Gasteiger partial charge in [0.2, 0.25) is 0 Å². The minimum absolute atomic E-state index is 0.172. The Morgan fingerprint density at radius 3 is 2.81 bits per heavy atom. The van der Waals surface area contributed by atoms with Crippen molar-refractivity contribution in [1.29, 1.82) is 0 Å². The van der Waals surface area contributed by atoms with E-state index in [1.807, 2.05) is 12.1 Å². The number of thiocarbonyl (C=S) groups is 1. The first kappa shape index (κ1) is 13.7. The Balaban J connectivity index is 1.59. The van der Waals surface area contributed by atoms with E-state index < -0.39 is 0 Å². The number of hydrogen-bond donors (Lipinski definition) is 2. The Labute approximate surface area is 128 Å². The van der Waals surface area contributed by atoms with Gasteiger partial charge in [0.15, 0.2) is 0 Å². The molecule has 1 atom stereocenters. The molecule has 1 unspecified atom stereocenters. The predicted octanol–water partition coefficient (Wildman–Crippen LogP) is 1.79. The molecule has 0 saturated heterocycles. The summed E-state index contributed by atoms with van der Waals surface area (Å²) in [6.07, 6.45) is 2.54. The third-order valence-corrected chi connectivity index (χ3v) is 3.99. The Morgan fingerprint density at radius 2 is 2.14 bits per heavy atom. The Bertz CT molecular complexity index is 697. The standard InChI is InChI=1S/C16H15N3OS/c17-15(21)11-5-6-14(18-8-11)16(20)19-9-12-7-10-3-1-2-4-13(10)12/h1-6,8,12H,7,9H2,(H2,17,21)(H,19,20). The van der Waals surface area contributed by atoms with Crippen LogP contribution in [0.3, 0.4) is 0 Å². The first-order valence-corrected chi connectivity index (χ1v) is 7.18. The van der Waals surface area contributed by atoms with Crippen LogP contribution in [-0.4, -0.2) is 22.4 Å². The molecule has 106 valence electrons. The second-order valence-electron chi connectivity index (χ2n) is 5.11. The molecule has 21 heavy (non-hydrogen) atoms. The van der Waals surface area contributed by atoms with Crippen molar-refractivity contribution in [2.75, 3.05) is 6.54 Å². The first-order valence-electron chi connectivity index (χ1n) is 6.77. The van der Waals surface area contributed by atoms with E-state index in [2.05, 4.69) is 22.4 Å². The van der Waals surface area contributed by atoms with Gasteiger partial charge < -0.3 is 11.1 Å². The fraction of sp³-hybridized carbons (Fsp3) is 0.188. The number of benzene rings is 1. The molecular weight excluding hydrogens is 282 g/mol. The van der Waals surface area contributed by atoms with E-state index in [9.17, 15) is 4.79 Å². The second-order valence-corrected chi connectivity index (χ2v) is 5.55. The predicted molar refractivity (Wildman–Crippen MR) is 85.3 cm³/mol. The van der Waals surface area contributed by atoms with Crippen LogP contribution in [0.1, 0.15) is 33.1 Å². The lowest BCUT2D eigenvalue weighted by molar-refractivity contribution is 0.0945. The van der Waals surface area contributed by atoms with Crippen LogP contribution in [-0.2, 0) is 6.42 Å². The van der Waals surface area contributed by atoms with Crippen LogP contribution < -0.4 is 11.1 Å². The number of fused-ring (bicyclic) bond motifs is 1. The molecule has 1 heterocycles. The van der Waals surface area contributed by atoms with E-state index >= 15 is 0 Å². The molecule has 2 aromatic rings. The molecule has 0 saturated carbocycles. The number of hydrogen-bond acceptors (Lipinski definition) is 3. The third-order valence-electron chi connectivity index (χ3n) is 3.75. The lowest BCUT2D eigenvalue weighted by atomic mass is 9.77. The van der Waals surface area contributed by atoms with Crippen molar-refractivity contribution in [2.45, 2.75) is 12.3 Å². The zero-order valence-electron chi connectivity index (χ0n) is 11.4. The third kappa shape index (κ3) is 2.78. The van der Waals surface area contributed by atoms with E-state index in [0.717, 1.165) is 6.42 Å². The van der Waals surface area contributed by atoms with Gasteiger partial charge in [-0.15, -0.1) is 0 Å². The monoisotopic (exact) mass is 297 g/mol. The van der Waals surface area contributed by atoms with Crippen LogP contribution in [0.2, 0.25) is 0 Å². The maximum absolute atomic E-state index is 12.0. The topological polar surface area (TPSA) is 68.0 Å². The summed E-state index contributed by atoms with van der Waals surface area (Å²) in [6, 6.07) is 11.7. The average Bonchev–Trinajstić information content (AvgIpc) is 2.48. The molecule has 1 aromatic heterocycles. The number of pyridine rings is 1. The summed E-state index contributed by atoms with van der Waals surface area (Å²) < 4.78 is 0. The van der Waals surface area contributed by atoms with Crippen molar-refractivity contribution in [2.24, 2.45) is 5.73 Å². The molecule has 1 aromatic carbocycles. The Hall–Kier alpha value is -2.27. The van der Waals surface area contributed by atoms with Gasteiger partial charge >= 0.3 is 0 Å². The van der Waals surface area contributed by atoms with Gasteiger partial charge in [-0.05, 0) is 29.7 Å². The second kappa shape index (κ2) is 5.61. The molecule has 3 rings (SSSR count). The van der Waals surface area contributed by atoms with Gasteiger partial charge in [-0.25, -0.2) is 0 Å². The number of carbonyl (C=O) groups is 1. The normalized spacial score (nSPS) is 15.7.